The molecule has 5 heteroatoms. The Hall–Kier alpha value is -1.10. The Bertz CT molecular complexity index is 571. The van der Waals surface area contributed by atoms with Crippen LogP contribution < -0.4 is 0 Å². The van der Waals surface area contributed by atoms with Gasteiger partial charge in [-0.2, -0.15) is 0 Å². The molecule has 0 spiro atoms. The fourth-order valence-corrected chi connectivity index (χ4v) is 4.61. The Morgan fingerprint density at radius 2 is 1.67 bits per heavy atom. The SMILES string of the molecule is CN(CCN1CCCCC1)C(=O)C(O)(c1ccccc1)C1CCCCC1.Cl. The van der Waals surface area contributed by atoms with Gasteiger partial charge in [-0.15, -0.1) is 12.4 Å². The van der Waals surface area contributed by atoms with Gasteiger partial charge in [-0.3, -0.25) is 4.79 Å². The van der Waals surface area contributed by atoms with Crippen LogP contribution in [0.25, 0.3) is 0 Å². The third-order valence-corrected chi connectivity index (χ3v) is 6.28. The van der Waals surface area contributed by atoms with E-state index in [1.165, 1.54) is 25.7 Å². The highest BCUT2D eigenvalue weighted by molar-refractivity contribution is 5.86. The van der Waals surface area contributed by atoms with Crippen LogP contribution in [0.4, 0.5) is 0 Å². The summed E-state index contributed by atoms with van der Waals surface area (Å²) in [5, 5.41) is 11.7. The number of hydrogen-bond donors (Lipinski definition) is 1. The van der Waals surface area contributed by atoms with E-state index in [0.717, 1.165) is 50.9 Å². The van der Waals surface area contributed by atoms with Crippen LogP contribution in [0.1, 0.15) is 56.9 Å². The van der Waals surface area contributed by atoms with Gasteiger partial charge in [0.15, 0.2) is 5.60 Å². The van der Waals surface area contributed by atoms with Crippen molar-refractivity contribution in [3.8, 4) is 0 Å². The van der Waals surface area contributed by atoms with Crippen molar-refractivity contribution in [2.24, 2.45) is 5.92 Å². The summed E-state index contributed by atoms with van der Waals surface area (Å²) < 4.78 is 0. The van der Waals surface area contributed by atoms with E-state index in [1.807, 2.05) is 37.4 Å². The van der Waals surface area contributed by atoms with E-state index in [1.54, 1.807) is 4.90 Å². The van der Waals surface area contributed by atoms with Gasteiger partial charge in [-0.05, 0) is 44.3 Å². The van der Waals surface area contributed by atoms with Gasteiger partial charge in [0.05, 0.1) is 0 Å². The molecule has 1 N–H and O–H groups in total. The summed E-state index contributed by atoms with van der Waals surface area (Å²) >= 11 is 0. The molecule has 27 heavy (non-hydrogen) atoms. The minimum absolute atomic E-state index is 0. The number of rotatable bonds is 6. The van der Waals surface area contributed by atoms with Gasteiger partial charge in [-0.25, -0.2) is 0 Å². The van der Waals surface area contributed by atoms with Crippen molar-refractivity contribution in [1.29, 1.82) is 0 Å². The Labute approximate surface area is 170 Å². The van der Waals surface area contributed by atoms with Gasteiger partial charge in [-0.1, -0.05) is 56.0 Å². The summed E-state index contributed by atoms with van der Waals surface area (Å²) in [4.78, 5) is 17.6. The van der Waals surface area contributed by atoms with Crippen molar-refractivity contribution in [1.82, 2.24) is 9.80 Å². The fourth-order valence-electron chi connectivity index (χ4n) is 4.61. The third kappa shape index (κ3) is 5.24. The summed E-state index contributed by atoms with van der Waals surface area (Å²) in [6, 6.07) is 9.60. The van der Waals surface area contributed by atoms with Crippen molar-refractivity contribution < 1.29 is 9.90 Å². The molecule has 1 saturated heterocycles. The standard InChI is InChI=1S/C22H34N2O2.ClH/c1-23(17-18-24-15-9-4-10-16-24)21(25)22(26,19-11-5-2-6-12-19)20-13-7-3-8-14-20;/h2,5-6,11-12,20,26H,3-4,7-10,13-18H2,1H3;1H. The number of benzene rings is 1. The average Bonchev–Trinajstić information content (AvgIpc) is 2.73. The molecule has 1 saturated carbocycles. The number of hydrogen-bond acceptors (Lipinski definition) is 3. The molecule has 1 aromatic carbocycles. The monoisotopic (exact) mass is 394 g/mol. The predicted octanol–water partition coefficient (Wildman–Crippen LogP) is 3.82. The second-order valence-corrected chi connectivity index (χ2v) is 8.10. The maximum Gasteiger partial charge on any atom is 0.259 e. The minimum Gasteiger partial charge on any atom is -0.375 e. The van der Waals surface area contributed by atoms with Crippen molar-refractivity contribution >= 4 is 18.3 Å². The number of nitrogens with zero attached hydrogens (tertiary/aromatic N) is 2. The molecular formula is C22H35ClN2O2. The first-order valence-electron chi connectivity index (χ1n) is 10.4. The van der Waals surface area contributed by atoms with Crippen molar-refractivity contribution in [3.05, 3.63) is 35.9 Å². The maximum atomic E-state index is 13.4. The van der Waals surface area contributed by atoms with E-state index in [2.05, 4.69) is 4.90 Å². The Morgan fingerprint density at radius 1 is 1.07 bits per heavy atom. The van der Waals surface area contributed by atoms with E-state index in [9.17, 15) is 9.90 Å². The van der Waals surface area contributed by atoms with E-state index >= 15 is 0 Å². The first kappa shape index (κ1) is 22.2. The number of carbonyl (C=O) groups excluding carboxylic acids is 1. The van der Waals surface area contributed by atoms with Gasteiger partial charge in [0, 0.05) is 26.1 Å². The number of aliphatic hydroxyl groups is 1. The summed E-state index contributed by atoms with van der Waals surface area (Å²) in [5.41, 5.74) is -0.639. The molecule has 1 aliphatic carbocycles. The molecule has 4 nitrogen and oxygen atoms in total. The Balaban J connectivity index is 0.00000261. The van der Waals surface area contributed by atoms with Crippen LogP contribution in [-0.4, -0.2) is 54.0 Å². The number of piperidine rings is 1. The van der Waals surface area contributed by atoms with Crippen molar-refractivity contribution in [3.63, 3.8) is 0 Å². The fraction of sp³-hybridized carbons (Fsp3) is 0.682. The normalized spacial score (nSPS) is 21.1. The summed E-state index contributed by atoms with van der Waals surface area (Å²) in [5.74, 6) is -0.115. The van der Waals surface area contributed by atoms with E-state index < -0.39 is 5.60 Å². The second-order valence-electron chi connectivity index (χ2n) is 8.10. The summed E-state index contributed by atoms with van der Waals surface area (Å²) in [6.45, 7) is 3.85. The van der Waals surface area contributed by atoms with E-state index in [0.29, 0.717) is 6.54 Å². The van der Waals surface area contributed by atoms with E-state index in [-0.39, 0.29) is 24.2 Å². The zero-order valence-electron chi connectivity index (χ0n) is 16.6. The van der Waals surface area contributed by atoms with Crippen molar-refractivity contribution in [2.45, 2.75) is 57.0 Å². The van der Waals surface area contributed by atoms with Gasteiger partial charge >= 0.3 is 0 Å². The number of likely N-dealkylation sites (tertiary alicyclic amines) is 1. The lowest BCUT2D eigenvalue weighted by atomic mass is 9.72. The molecule has 1 aromatic rings. The summed E-state index contributed by atoms with van der Waals surface area (Å²) in [7, 11) is 1.85. The molecule has 2 aliphatic rings. The minimum atomic E-state index is -1.39. The van der Waals surface area contributed by atoms with Gasteiger partial charge in [0.2, 0.25) is 0 Å². The first-order valence-corrected chi connectivity index (χ1v) is 10.4. The molecule has 0 radical (unpaired) electrons. The van der Waals surface area contributed by atoms with Crippen LogP contribution in [0.15, 0.2) is 30.3 Å². The molecule has 1 amide bonds. The smallest absolute Gasteiger partial charge is 0.259 e. The van der Waals surface area contributed by atoms with Crippen LogP contribution in [0.2, 0.25) is 0 Å². The Morgan fingerprint density at radius 3 is 2.30 bits per heavy atom. The highest BCUT2D eigenvalue weighted by Gasteiger charge is 2.46. The molecule has 1 atom stereocenters. The quantitative estimate of drug-likeness (QED) is 0.797. The molecule has 0 aromatic heterocycles. The zero-order valence-corrected chi connectivity index (χ0v) is 17.4. The predicted molar refractivity (Wildman–Crippen MR) is 112 cm³/mol. The van der Waals surface area contributed by atoms with Crippen molar-refractivity contribution in [2.75, 3.05) is 33.2 Å². The topological polar surface area (TPSA) is 43.8 Å². The van der Waals surface area contributed by atoms with Gasteiger partial charge < -0.3 is 14.9 Å². The van der Waals surface area contributed by atoms with Gasteiger partial charge in [0.1, 0.15) is 0 Å². The number of carbonyl (C=O) groups is 1. The van der Waals surface area contributed by atoms with Crippen LogP contribution in [0.5, 0.6) is 0 Å². The molecular weight excluding hydrogens is 360 g/mol. The molecule has 0 bridgehead atoms. The lowest BCUT2D eigenvalue weighted by Crippen LogP contribution is -2.52. The van der Waals surface area contributed by atoms with Gasteiger partial charge in [0.25, 0.3) is 5.91 Å². The molecule has 1 aliphatic heterocycles. The molecule has 152 valence electrons. The van der Waals surface area contributed by atoms with Crippen LogP contribution in [-0.2, 0) is 10.4 Å². The average molecular weight is 395 g/mol. The first-order chi connectivity index (χ1) is 12.6. The highest BCUT2D eigenvalue weighted by atomic mass is 35.5. The molecule has 1 unspecified atom stereocenters. The highest BCUT2D eigenvalue weighted by Crippen LogP contribution is 2.40. The Kier molecular flexibility index (Phi) is 8.59. The molecule has 2 fully saturated rings. The van der Waals surface area contributed by atoms with Crippen LogP contribution in [0.3, 0.4) is 0 Å². The molecule has 1 heterocycles. The molecule has 3 rings (SSSR count). The van der Waals surface area contributed by atoms with E-state index in [4.69, 9.17) is 0 Å². The second kappa shape index (κ2) is 10.4. The lowest BCUT2D eigenvalue weighted by molar-refractivity contribution is -0.160. The zero-order chi connectivity index (χ0) is 18.4. The van der Waals surface area contributed by atoms with Crippen LogP contribution >= 0.6 is 12.4 Å². The summed E-state index contributed by atoms with van der Waals surface area (Å²) in [6.07, 6.45) is 9.10. The largest absolute Gasteiger partial charge is 0.375 e. The maximum absolute atomic E-state index is 13.4. The lowest BCUT2D eigenvalue weighted by Gasteiger charge is -2.40. The number of likely N-dealkylation sites (N-methyl/N-ethyl adjacent to an activating group) is 1. The van der Waals surface area contributed by atoms with Crippen LogP contribution in [0, 0.1) is 5.92 Å². The number of halogens is 1. The third-order valence-electron chi connectivity index (χ3n) is 6.28. The number of amides is 1.